The summed E-state index contributed by atoms with van der Waals surface area (Å²) in [4.78, 5) is 8.94. The van der Waals surface area contributed by atoms with Gasteiger partial charge in [0.05, 0.1) is 5.69 Å². The first-order chi connectivity index (χ1) is 15.6. The van der Waals surface area contributed by atoms with Crippen LogP contribution >= 0.6 is 0 Å². The van der Waals surface area contributed by atoms with Crippen LogP contribution in [0.3, 0.4) is 0 Å². The smallest absolute Gasteiger partial charge is 0.227 e. The van der Waals surface area contributed by atoms with Crippen LogP contribution in [0.5, 0.6) is 0 Å². The molecule has 29 heavy (non-hydrogen) atoms. The zero-order chi connectivity index (χ0) is 23.4. The maximum Gasteiger partial charge on any atom is 0.227 e. The van der Waals surface area contributed by atoms with E-state index in [9.17, 15) is 0 Å². The van der Waals surface area contributed by atoms with Gasteiger partial charge in [0.25, 0.3) is 0 Å². The number of benzene rings is 2. The molecule has 0 aliphatic rings. The van der Waals surface area contributed by atoms with Gasteiger partial charge < -0.3 is 4.42 Å². The van der Waals surface area contributed by atoms with Crippen molar-refractivity contribution < 1.29 is 9.90 Å². The molecule has 0 spiro atoms. The van der Waals surface area contributed by atoms with E-state index in [4.69, 9.17) is 9.90 Å². The highest BCUT2D eigenvalue weighted by atomic mass is 16.3. The Morgan fingerprint density at radius 2 is 1.79 bits per heavy atom. The maximum atomic E-state index is 8.60. The highest BCUT2D eigenvalue weighted by Crippen LogP contribution is 2.37. The minimum atomic E-state index is -2.30. The molecule has 5 rings (SSSR count). The van der Waals surface area contributed by atoms with Crippen LogP contribution in [0.25, 0.3) is 44.5 Å². The molecule has 0 aliphatic heterocycles. The van der Waals surface area contributed by atoms with Crippen molar-refractivity contribution >= 4 is 22.1 Å². The summed E-state index contributed by atoms with van der Waals surface area (Å²) in [6, 6.07) is 21.0. The molecule has 0 atom stereocenters. The Morgan fingerprint density at radius 3 is 2.59 bits per heavy atom. The van der Waals surface area contributed by atoms with Crippen molar-refractivity contribution in [2.45, 2.75) is 26.6 Å². The summed E-state index contributed by atoms with van der Waals surface area (Å²) in [6.45, 7) is 1.40. The van der Waals surface area contributed by atoms with Crippen molar-refractivity contribution in [3.63, 3.8) is 0 Å². The molecular weight excluding hydrogens is 356 g/mol. The molecule has 2 aromatic carbocycles. The molecule has 142 valence electrons. The molecular formula is C26H22N2O. The third-order valence-electron chi connectivity index (χ3n) is 5.17. The van der Waals surface area contributed by atoms with Crippen LogP contribution in [0.1, 0.15) is 36.5 Å². The molecule has 0 unspecified atom stereocenters. The van der Waals surface area contributed by atoms with E-state index in [2.05, 4.69) is 9.97 Å². The summed E-state index contributed by atoms with van der Waals surface area (Å²) in [5.41, 5.74) is 5.18. The number of para-hydroxylation sites is 1. The number of nitrogens with zero attached hydrogens (tertiary/aromatic N) is 2. The van der Waals surface area contributed by atoms with Gasteiger partial charge in [-0.1, -0.05) is 56.3 Å². The second kappa shape index (κ2) is 6.85. The predicted molar refractivity (Wildman–Crippen MR) is 119 cm³/mol. The maximum absolute atomic E-state index is 8.60. The van der Waals surface area contributed by atoms with Gasteiger partial charge in [0, 0.05) is 33.7 Å². The number of aryl methyl sites for hydroxylation is 1. The summed E-state index contributed by atoms with van der Waals surface area (Å²) < 4.78 is 37.6. The average molecular weight is 382 g/mol. The van der Waals surface area contributed by atoms with Crippen molar-refractivity contribution in [1.82, 2.24) is 9.97 Å². The molecule has 0 radical (unpaired) electrons. The normalized spacial score (nSPS) is 14.4. The lowest BCUT2D eigenvalue weighted by Gasteiger charge is -2.14. The van der Waals surface area contributed by atoms with Crippen molar-refractivity contribution in [3.05, 3.63) is 84.2 Å². The van der Waals surface area contributed by atoms with Crippen LogP contribution in [-0.2, 0) is 0 Å². The van der Waals surface area contributed by atoms with Crippen LogP contribution in [0.2, 0.25) is 0 Å². The standard InChI is InChI=1S/C26H22N2O/c1-16(2)23-15-27-24(14-22(23)18-8-5-4-6-9-18)21-11-7-10-19-20-13-12-17(3)28-26(20)29-25(19)21/h4-16H,1-3H3/i3D3,16D. The Bertz CT molecular complexity index is 1480. The number of hydrogen-bond donors (Lipinski definition) is 0. The topological polar surface area (TPSA) is 38.9 Å². The van der Waals surface area contributed by atoms with Crippen LogP contribution in [0.15, 0.2) is 77.3 Å². The minimum absolute atomic E-state index is 0.00197. The molecule has 5 aromatic rings. The van der Waals surface area contributed by atoms with Crippen LogP contribution < -0.4 is 0 Å². The van der Waals surface area contributed by atoms with Gasteiger partial charge in [-0.25, -0.2) is 4.98 Å². The quantitative estimate of drug-likeness (QED) is 0.333. The molecule has 3 heteroatoms. The predicted octanol–water partition coefficient (Wildman–Crippen LogP) is 7.14. The Morgan fingerprint density at radius 1 is 0.931 bits per heavy atom. The van der Waals surface area contributed by atoms with E-state index in [-0.39, 0.29) is 5.69 Å². The average Bonchev–Trinajstić information content (AvgIpc) is 3.16. The Kier molecular flexibility index (Phi) is 3.23. The molecule has 0 N–H and O–H groups in total. The second-order valence-electron chi connectivity index (χ2n) is 7.31. The Hall–Kier alpha value is -3.46. The molecule has 3 heterocycles. The van der Waals surface area contributed by atoms with Crippen LogP contribution in [-0.4, -0.2) is 9.97 Å². The van der Waals surface area contributed by atoms with Crippen molar-refractivity contribution in [3.8, 4) is 22.4 Å². The zero-order valence-electron chi connectivity index (χ0n) is 20.2. The minimum Gasteiger partial charge on any atom is -0.437 e. The van der Waals surface area contributed by atoms with E-state index >= 15 is 0 Å². The molecule has 0 aliphatic carbocycles. The van der Waals surface area contributed by atoms with E-state index in [0.717, 1.165) is 33.0 Å². The van der Waals surface area contributed by atoms with Gasteiger partial charge in [-0.15, -0.1) is 0 Å². The van der Waals surface area contributed by atoms with Crippen LogP contribution in [0, 0.1) is 6.85 Å². The van der Waals surface area contributed by atoms with Gasteiger partial charge in [-0.2, -0.15) is 0 Å². The van der Waals surface area contributed by atoms with Crippen molar-refractivity contribution in [2.24, 2.45) is 0 Å². The Balaban J connectivity index is 1.74. The molecule has 3 aromatic heterocycles. The van der Waals surface area contributed by atoms with Gasteiger partial charge in [0.15, 0.2) is 0 Å². The second-order valence-corrected chi connectivity index (χ2v) is 7.31. The van der Waals surface area contributed by atoms with E-state index in [0.29, 0.717) is 17.0 Å². The highest BCUT2D eigenvalue weighted by molar-refractivity contribution is 6.08. The molecule has 3 nitrogen and oxygen atoms in total. The molecule has 0 saturated carbocycles. The largest absolute Gasteiger partial charge is 0.437 e. The molecule has 0 fully saturated rings. The summed E-state index contributed by atoms with van der Waals surface area (Å²) in [5.74, 6) is -0.822. The van der Waals surface area contributed by atoms with E-state index in [1.54, 1.807) is 12.3 Å². The lowest BCUT2D eigenvalue weighted by atomic mass is 9.92. The fourth-order valence-corrected chi connectivity index (χ4v) is 3.74. The lowest BCUT2D eigenvalue weighted by Crippen LogP contribution is -1.96. The third kappa shape index (κ3) is 2.99. The van der Waals surface area contributed by atoms with Crippen LogP contribution in [0.4, 0.5) is 0 Å². The summed E-state index contributed by atoms with van der Waals surface area (Å²) >= 11 is 0. The molecule has 0 saturated heterocycles. The van der Waals surface area contributed by atoms with E-state index in [1.807, 2.05) is 68.4 Å². The monoisotopic (exact) mass is 382 g/mol. The molecule has 0 bridgehead atoms. The summed E-state index contributed by atoms with van der Waals surface area (Å²) in [7, 11) is 0. The first-order valence-electron chi connectivity index (χ1n) is 11.5. The van der Waals surface area contributed by atoms with Crippen molar-refractivity contribution in [1.29, 1.82) is 0 Å². The fourth-order valence-electron chi connectivity index (χ4n) is 3.74. The number of fused-ring (bicyclic) bond motifs is 3. The number of hydrogen-bond acceptors (Lipinski definition) is 3. The first-order valence-corrected chi connectivity index (χ1v) is 9.52. The van der Waals surface area contributed by atoms with Gasteiger partial charge in [-0.05, 0) is 53.7 Å². The van der Waals surface area contributed by atoms with E-state index in [1.165, 1.54) is 6.07 Å². The number of pyridine rings is 2. The van der Waals surface area contributed by atoms with Gasteiger partial charge in [0.2, 0.25) is 5.71 Å². The number of aromatic nitrogens is 2. The Labute approximate surface area is 175 Å². The lowest BCUT2D eigenvalue weighted by molar-refractivity contribution is 0.653. The zero-order valence-corrected chi connectivity index (χ0v) is 16.2. The van der Waals surface area contributed by atoms with Gasteiger partial charge in [0.1, 0.15) is 5.58 Å². The van der Waals surface area contributed by atoms with E-state index < -0.39 is 12.7 Å². The number of rotatable bonds is 3. The summed E-state index contributed by atoms with van der Waals surface area (Å²) in [6.07, 6.45) is 1.76. The molecule has 0 amide bonds. The van der Waals surface area contributed by atoms with Gasteiger partial charge >= 0.3 is 0 Å². The number of furan rings is 1. The SMILES string of the molecule is [2H]C([2H])([2H])c1ccc2c(n1)oc1c(-c3cc(-c4ccccc4)c(C([2H])(C)C)cn3)cccc12. The summed E-state index contributed by atoms with van der Waals surface area (Å²) in [5, 5.41) is 1.60. The first kappa shape index (κ1) is 13.7. The highest BCUT2D eigenvalue weighted by Gasteiger charge is 2.16. The van der Waals surface area contributed by atoms with Crippen molar-refractivity contribution in [2.75, 3.05) is 0 Å². The van der Waals surface area contributed by atoms with Gasteiger partial charge in [-0.3, -0.25) is 4.98 Å². The third-order valence-corrected chi connectivity index (χ3v) is 5.17. The fraction of sp³-hybridized carbons (Fsp3) is 0.154.